The standard InChI is InChI=1S/C21H30ClNO5/c1-27-21(26)15-28-12-3-2-11-23-18(8-10-20(23)25)7-9-19(24)14-16-5-4-6-17(22)13-16/h4-6,13,18-19,24H,2-3,7-12,14-15H2,1H3/t18?,19-/m1/s1. The Kier molecular flexibility index (Phi) is 9.75. The SMILES string of the molecule is COC(=O)COCCCCN1C(=O)CCC1CC[C@@H](O)Cc1cccc(Cl)c1. The number of halogens is 1. The highest BCUT2D eigenvalue weighted by Crippen LogP contribution is 2.24. The summed E-state index contributed by atoms with van der Waals surface area (Å²) < 4.78 is 9.74. The zero-order valence-electron chi connectivity index (χ0n) is 16.4. The maximum Gasteiger partial charge on any atom is 0.331 e. The molecule has 7 heteroatoms. The second-order valence-electron chi connectivity index (χ2n) is 7.18. The molecule has 0 aromatic heterocycles. The Morgan fingerprint density at radius 2 is 2.21 bits per heavy atom. The Hall–Kier alpha value is -1.63. The summed E-state index contributed by atoms with van der Waals surface area (Å²) in [6.07, 6.45) is 4.62. The Balaban J connectivity index is 1.67. The van der Waals surface area contributed by atoms with Gasteiger partial charge in [0.2, 0.25) is 5.91 Å². The van der Waals surface area contributed by atoms with Gasteiger partial charge >= 0.3 is 5.97 Å². The molecule has 0 saturated carbocycles. The first-order valence-corrected chi connectivity index (χ1v) is 10.2. The highest BCUT2D eigenvalue weighted by atomic mass is 35.5. The number of aliphatic hydroxyl groups is 1. The summed E-state index contributed by atoms with van der Waals surface area (Å²) in [5.41, 5.74) is 1.02. The number of ether oxygens (including phenoxy) is 2. The van der Waals surface area contributed by atoms with Crippen molar-refractivity contribution in [3.8, 4) is 0 Å². The number of methoxy groups -OCH3 is 1. The molecular weight excluding hydrogens is 382 g/mol. The molecular formula is C21H30ClNO5. The molecule has 2 rings (SSSR count). The van der Waals surface area contributed by atoms with Gasteiger partial charge in [-0.05, 0) is 56.2 Å². The van der Waals surface area contributed by atoms with Gasteiger partial charge in [-0.2, -0.15) is 0 Å². The lowest BCUT2D eigenvalue weighted by Gasteiger charge is -2.25. The van der Waals surface area contributed by atoms with Crippen LogP contribution in [0, 0.1) is 0 Å². The minimum Gasteiger partial charge on any atom is -0.467 e. The molecule has 6 nitrogen and oxygen atoms in total. The van der Waals surface area contributed by atoms with Gasteiger partial charge < -0.3 is 19.5 Å². The van der Waals surface area contributed by atoms with Crippen molar-refractivity contribution in [2.24, 2.45) is 0 Å². The summed E-state index contributed by atoms with van der Waals surface area (Å²) >= 11 is 5.99. The summed E-state index contributed by atoms with van der Waals surface area (Å²) in [6, 6.07) is 7.73. The van der Waals surface area contributed by atoms with Crippen LogP contribution < -0.4 is 0 Å². The lowest BCUT2D eigenvalue weighted by Crippen LogP contribution is -2.34. The van der Waals surface area contributed by atoms with E-state index in [1.165, 1.54) is 7.11 Å². The fourth-order valence-electron chi connectivity index (χ4n) is 3.52. The quantitative estimate of drug-likeness (QED) is 0.422. The number of unbranched alkanes of at least 4 members (excludes halogenated alkanes) is 1. The third kappa shape index (κ3) is 7.78. The van der Waals surface area contributed by atoms with Gasteiger partial charge in [0.25, 0.3) is 0 Å². The minimum absolute atomic E-state index is 0.0354. The zero-order valence-corrected chi connectivity index (χ0v) is 17.2. The molecule has 1 N–H and O–H groups in total. The fraction of sp³-hybridized carbons (Fsp3) is 0.619. The number of rotatable bonds is 12. The Morgan fingerprint density at radius 1 is 1.39 bits per heavy atom. The van der Waals surface area contributed by atoms with Crippen molar-refractivity contribution in [2.45, 2.75) is 57.1 Å². The van der Waals surface area contributed by atoms with Gasteiger partial charge in [0.15, 0.2) is 0 Å². The number of hydrogen-bond acceptors (Lipinski definition) is 5. The number of nitrogens with zero attached hydrogens (tertiary/aromatic N) is 1. The molecule has 28 heavy (non-hydrogen) atoms. The van der Waals surface area contributed by atoms with Crippen LogP contribution in [0.4, 0.5) is 0 Å². The fourth-order valence-corrected chi connectivity index (χ4v) is 3.74. The Labute approximate surface area is 171 Å². The van der Waals surface area contributed by atoms with Crippen LogP contribution in [-0.4, -0.2) is 60.9 Å². The largest absolute Gasteiger partial charge is 0.467 e. The second-order valence-corrected chi connectivity index (χ2v) is 7.62. The summed E-state index contributed by atoms with van der Waals surface area (Å²) in [6.45, 7) is 1.13. The smallest absolute Gasteiger partial charge is 0.331 e. The zero-order chi connectivity index (χ0) is 20.4. The highest BCUT2D eigenvalue weighted by molar-refractivity contribution is 6.30. The number of hydrogen-bond donors (Lipinski definition) is 1. The van der Waals surface area contributed by atoms with E-state index in [9.17, 15) is 14.7 Å². The first kappa shape index (κ1) is 22.7. The predicted molar refractivity (Wildman–Crippen MR) is 107 cm³/mol. The van der Waals surface area contributed by atoms with Crippen molar-refractivity contribution in [2.75, 3.05) is 26.9 Å². The predicted octanol–water partition coefficient (Wildman–Crippen LogP) is 2.98. The topological polar surface area (TPSA) is 76.1 Å². The highest BCUT2D eigenvalue weighted by Gasteiger charge is 2.30. The van der Waals surface area contributed by atoms with E-state index >= 15 is 0 Å². The van der Waals surface area contributed by atoms with Crippen molar-refractivity contribution in [1.82, 2.24) is 4.90 Å². The molecule has 1 aromatic carbocycles. The Bertz CT molecular complexity index is 639. The lowest BCUT2D eigenvalue weighted by atomic mass is 10.0. The average molecular weight is 412 g/mol. The molecule has 156 valence electrons. The molecule has 1 unspecified atom stereocenters. The molecule has 1 aliphatic heterocycles. The van der Waals surface area contributed by atoms with E-state index in [1.807, 2.05) is 29.2 Å². The molecule has 1 heterocycles. The molecule has 1 fully saturated rings. The summed E-state index contributed by atoms with van der Waals surface area (Å²) in [4.78, 5) is 25.1. The van der Waals surface area contributed by atoms with E-state index in [2.05, 4.69) is 4.74 Å². The Morgan fingerprint density at radius 3 is 2.96 bits per heavy atom. The first-order valence-electron chi connectivity index (χ1n) is 9.86. The van der Waals surface area contributed by atoms with Gasteiger partial charge in [-0.15, -0.1) is 0 Å². The van der Waals surface area contributed by atoms with E-state index < -0.39 is 6.10 Å². The number of carbonyl (C=O) groups is 2. The van der Waals surface area contributed by atoms with Crippen LogP contribution in [0.1, 0.15) is 44.1 Å². The summed E-state index contributed by atoms with van der Waals surface area (Å²) in [5, 5.41) is 11.0. The molecule has 2 atom stereocenters. The number of likely N-dealkylation sites (tertiary alicyclic amines) is 1. The molecule has 0 radical (unpaired) electrons. The summed E-state index contributed by atoms with van der Waals surface area (Å²) in [5.74, 6) is -0.198. The van der Waals surface area contributed by atoms with Crippen LogP contribution >= 0.6 is 11.6 Å². The third-order valence-corrected chi connectivity index (χ3v) is 5.27. The number of amides is 1. The number of aliphatic hydroxyl groups excluding tert-OH is 1. The van der Waals surface area contributed by atoms with Gasteiger partial charge in [-0.25, -0.2) is 4.79 Å². The van der Waals surface area contributed by atoms with Crippen LogP contribution in [0.25, 0.3) is 0 Å². The summed E-state index contributed by atoms with van der Waals surface area (Å²) in [7, 11) is 1.33. The van der Waals surface area contributed by atoms with Crippen molar-refractivity contribution < 1.29 is 24.2 Å². The van der Waals surface area contributed by atoms with Crippen molar-refractivity contribution >= 4 is 23.5 Å². The van der Waals surface area contributed by atoms with Crippen LogP contribution in [0.2, 0.25) is 5.02 Å². The van der Waals surface area contributed by atoms with Crippen molar-refractivity contribution in [3.63, 3.8) is 0 Å². The molecule has 1 saturated heterocycles. The van der Waals surface area contributed by atoms with Gasteiger partial charge in [0.1, 0.15) is 6.61 Å². The van der Waals surface area contributed by atoms with Crippen LogP contribution in [0.15, 0.2) is 24.3 Å². The average Bonchev–Trinajstić information content (AvgIpc) is 3.02. The van der Waals surface area contributed by atoms with Crippen LogP contribution in [-0.2, 0) is 25.5 Å². The third-order valence-electron chi connectivity index (χ3n) is 5.03. The van der Waals surface area contributed by atoms with E-state index in [1.54, 1.807) is 0 Å². The van der Waals surface area contributed by atoms with Crippen LogP contribution in [0.5, 0.6) is 0 Å². The maximum atomic E-state index is 12.2. The molecule has 0 spiro atoms. The molecule has 1 aliphatic rings. The first-order chi connectivity index (χ1) is 13.5. The molecule has 1 amide bonds. The minimum atomic E-state index is -0.442. The van der Waals surface area contributed by atoms with E-state index in [4.69, 9.17) is 16.3 Å². The number of esters is 1. The molecule has 0 aliphatic carbocycles. The lowest BCUT2D eigenvalue weighted by molar-refractivity contribution is -0.145. The van der Waals surface area contributed by atoms with Crippen LogP contribution in [0.3, 0.4) is 0 Å². The molecule has 1 aromatic rings. The van der Waals surface area contributed by atoms with E-state index in [-0.39, 0.29) is 24.5 Å². The monoisotopic (exact) mass is 411 g/mol. The normalized spacial score (nSPS) is 17.8. The second kappa shape index (κ2) is 12.0. The van der Waals surface area contributed by atoms with Crippen molar-refractivity contribution in [3.05, 3.63) is 34.9 Å². The van der Waals surface area contributed by atoms with Gasteiger partial charge in [-0.3, -0.25) is 4.79 Å². The van der Waals surface area contributed by atoms with Gasteiger partial charge in [0, 0.05) is 30.6 Å². The number of carbonyl (C=O) groups excluding carboxylic acids is 2. The van der Waals surface area contributed by atoms with Gasteiger partial charge in [-0.1, -0.05) is 23.7 Å². The number of benzene rings is 1. The van der Waals surface area contributed by atoms with E-state index in [0.29, 0.717) is 37.4 Å². The molecule has 0 bridgehead atoms. The van der Waals surface area contributed by atoms with Gasteiger partial charge in [0.05, 0.1) is 13.2 Å². The maximum absolute atomic E-state index is 12.2. The van der Waals surface area contributed by atoms with Crippen molar-refractivity contribution in [1.29, 1.82) is 0 Å². The van der Waals surface area contributed by atoms with E-state index in [0.717, 1.165) is 31.2 Å².